The third-order valence-corrected chi connectivity index (χ3v) is 2.98. The Labute approximate surface area is 97.0 Å². The second-order valence-electron chi connectivity index (χ2n) is 4.37. The van der Waals surface area contributed by atoms with Gasteiger partial charge in [0.15, 0.2) is 0 Å². The van der Waals surface area contributed by atoms with Crippen molar-refractivity contribution in [2.24, 2.45) is 5.73 Å². The van der Waals surface area contributed by atoms with E-state index in [1.807, 2.05) is 0 Å². The highest BCUT2D eigenvalue weighted by Gasteiger charge is 2.16. The molecule has 1 saturated heterocycles. The maximum atomic E-state index is 5.95. The SMILES string of the molecule is Cc1cc(CCN)ccc1OC1CCNC1. The minimum atomic E-state index is 0.332. The summed E-state index contributed by atoms with van der Waals surface area (Å²) in [7, 11) is 0. The van der Waals surface area contributed by atoms with E-state index in [-0.39, 0.29) is 0 Å². The molecule has 0 aliphatic carbocycles. The molecule has 1 unspecified atom stereocenters. The van der Waals surface area contributed by atoms with Crippen LogP contribution >= 0.6 is 0 Å². The predicted octanol–water partition coefficient (Wildman–Crippen LogP) is 1.24. The maximum absolute atomic E-state index is 5.95. The van der Waals surface area contributed by atoms with Gasteiger partial charge in [-0.1, -0.05) is 12.1 Å². The molecule has 0 aromatic heterocycles. The molecule has 0 amide bonds. The summed E-state index contributed by atoms with van der Waals surface area (Å²) in [6.45, 7) is 4.82. The van der Waals surface area contributed by atoms with Crippen molar-refractivity contribution in [2.75, 3.05) is 19.6 Å². The number of rotatable bonds is 4. The third kappa shape index (κ3) is 2.74. The van der Waals surface area contributed by atoms with Gasteiger partial charge in [-0.2, -0.15) is 0 Å². The molecule has 1 aromatic rings. The lowest BCUT2D eigenvalue weighted by atomic mass is 10.1. The zero-order valence-corrected chi connectivity index (χ0v) is 9.83. The van der Waals surface area contributed by atoms with Gasteiger partial charge in [0.25, 0.3) is 0 Å². The van der Waals surface area contributed by atoms with Crippen molar-refractivity contribution in [1.29, 1.82) is 0 Å². The second-order valence-corrected chi connectivity index (χ2v) is 4.37. The zero-order chi connectivity index (χ0) is 11.4. The molecule has 3 heteroatoms. The van der Waals surface area contributed by atoms with Crippen molar-refractivity contribution in [3.05, 3.63) is 29.3 Å². The van der Waals surface area contributed by atoms with Gasteiger partial charge in [-0.3, -0.25) is 0 Å². The van der Waals surface area contributed by atoms with Crippen LogP contribution in [0.15, 0.2) is 18.2 Å². The molecule has 16 heavy (non-hydrogen) atoms. The summed E-state index contributed by atoms with van der Waals surface area (Å²) in [5.74, 6) is 1.01. The highest BCUT2D eigenvalue weighted by atomic mass is 16.5. The summed E-state index contributed by atoms with van der Waals surface area (Å²) in [5.41, 5.74) is 8.04. The van der Waals surface area contributed by atoms with E-state index >= 15 is 0 Å². The Bertz CT molecular complexity index is 346. The largest absolute Gasteiger partial charge is 0.489 e. The summed E-state index contributed by atoms with van der Waals surface area (Å²) in [6.07, 6.45) is 2.37. The molecule has 0 spiro atoms. The smallest absolute Gasteiger partial charge is 0.122 e. The molecule has 0 saturated carbocycles. The van der Waals surface area contributed by atoms with Crippen LogP contribution in [0.1, 0.15) is 17.5 Å². The average Bonchev–Trinajstić information content (AvgIpc) is 2.75. The van der Waals surface area contributed by atoms with Gasteiger partial charge < -0.3 is 15.8 Å². The van der Waals surface area contributed by atoms with Crippen LogP contribution in [0.5, 0.6) is 5.75 Å². The standard InChI is InChI=1S/C13H20N2O/c1-10-8-11(4-6-14)2-3-13(10)16-12-5-7-15-9-12/h2-3,8,12,15H,4-7,9,14H2,1H3. The molecule has 88 valence electrons. The molecular weight excluding hydrogens is 200 g/mol. The summed E-state index contributed by atoms with van der Waals surface area (Å²) >= 11 is 0. The molecule has 3 nitrogen and oxygen atoms in total. The Morgan fingerprint density at radius 3 is 3.00 bits per heavy atom. The van der Waals surface area contributed by atoms with E-state index < -0.39 is 0 Å². The minimum Gasteiger partial charge on any atom is -0.489 e. The van der Waals surface area contributed by atoms with Crippen LogP contribution in [-0.2, 0) is 6.42 Å². The van der Waals surface area contributed by atoms with Gasteiger partial charge in [0.1, 0.15) is 11.9 Å². The number of nitrogens with one attached hydrogen (secondary N) is 1. The summed E-state index contributed by atoms with van der Waals surface area (Å²) in [5, 5.41) is 3.30. The Hall–Kier alpha value is -1.06. The fraction of sp³-hybridized carbons (Fsp3) is 0.538. The normalized spacial score (nSPS) is 20.0. The number of aryl methyl sites for hydroxylation is 1. The number of hydrogen-bond donors (Lipinski definition) is 2. The van der Waals surface area contributed by atoms with E-state index in [4.69, 9.17) is 10.5 Å². The topological polar surface area (TPSA) is 47.3 Å². The lowest BCUT2D eigenvalue weighted by Gasteiger charge is -2.15. The Kier molecular flexibility index (Phi) is 3.80. The van der Waals surface area contributed by atoms with E-state index in [1.165, 1.54) is 11.1 Å². The van der Waals surface area contributed by atoms with Crippen molar-refractivity contribution in [2.45, 2.75) is 25.9 Å². The van der Waals surface area contributed by atoms with Crippen LogP contribution in [0.25, 0.3) is 0 Å². The van der Waals surface area contributed by atoms with Crippen molar-refractivity contribution in [3.63, 3.8) is 0 Å². The molecule has 1 aliphatic rings. The quantitative estimate of drug-likeness (QED) is 0.802. The van der Waals surface area contributed by atoms with Gasteiger partial charge in [-0.25, -0.2) is 0 Å². The first-order valence-corrected chi connectivity index (χ1v) is 5.96. The molecule has 1 atom stereocenters. The summed E-state index contributed by atoms with van der Waals surface area (Å²) in [6, 6.07) is 6.35. The lowest BCUT2D eigenvalue weighted by Crippen LogP contribution is -2.20. The fourth-order valence-corrected chi connectivity index (χ4v) is 2.07. The summed E-state index contributed by atoms with van der Waals surface area (Å²) in [4.78, 5) is 0. The maximum Gasteiger partial charge on any atom is 0.122 e. The Morgan fingerprint density at radius 1 is 1.50 bits per heavy atom. The van der Waals surface area contributed by atoms with Crippen LogP contribution < -0.4 is 15.8 Å². The highest BCUT2D eigenvalue weighted by Crippen LogP contribution is 2.21. The highest BCUT2D eigenvalue weighted by molar-refractivity contribution is 5.36. The van der Waals surface area contributed by atoms with Gasteiger partial charge in [-0.05, 0) is 50.0 Å². The molecule has 0 radical (unpaired) electrons. The van der Waals surface area contributed by atoms with Crippen molar-refractivity contribution in [3.8, 4) is 5.75 Å². The first-order valence-electron chi connectivity index (χ1n) is 5.96. The van der Waals surface area contributed by atoms with E-state index in [2.05, 4.69) is 30.4 Å². The number of hydrogen-bond acceptors (Lipinski definition) is 3. The average molecular weight is 220 g/mol. The zero-order valence-electron chi connectivity index (χ0n) is 9.83. The van der Waals surface area contributed by atoms with E-state index in [0.29, 0.717) is 12.6 Å². The van der Waals surface area contributed by atoms with Crippen LogP contribution in [0.2, 0.25) is 0 Å². The fourth-order valence-electron chi connectivity index (χ4n) is 2.07. The molecule has 1 fully saturated rings. The molecule has 2 rings (SSSR count). The molecule has 1 aromatic carbocycles. The molecular formula is C13H20N2O. The second kappa shape index (κ2) is 5.32. The predicted molar refractivity (Wildman–Crippen MR) is 65.8 cm³/mol. The molecule has 3 N–H and O–H groups in total. The van der Waals surface area contributed by atoms with Gasteiger partial charge in [0, 0.05) is 6.54 Å². The minimum absolute atomic E-state index is 0.332. The van der Waals surface area contributed by atoms with Crippen molar-refractivity contribution < 1.29 is 4.74 Å². The monoisotopic (exact) mass is 220 g/mol. The Balaban J connectivity index is 2.03. The van der Waals surface area contributed by atoms with E-state index in [9.17, 15) is 0 Å². The van der Waals surface area contributed by atoms with Gasteiger partial charge in [0.2, 0.25) is 0 Å². The number of ether oxygens (including phenoxy) is 1. The van der Waals surface area contributed by atoms with Crippen LogP contribution in [0, 0.1) is 6.92 Å². The third-order valence-electron chi connectivity index (χ3n) is 2.98. The Morgan fingerprint density at radius 2 is 2.38 bits per heavy atom. The number of benzene rings is 1. The van der Waals surface area contributed by atoms with Gasteiger partial charge >= 0.3 is 0 Å². The van der Waals surface area contributed by atoms with Crippen molar-refractivity contribution in [1.82, 2.24) is 5.32 Å². The van der Waals surface area contributed by atoms with Crippen LogP contribution in [0.4, 0.5) is 0 Å². The van der Waals surface area contributed by atoms with Gasteiger partial charge in [0.05, 0.1) is 0 Å². The molecule has 0 bridgehead atoms. The molecule has 1 aliphatic heterocycles. The van der Waals surface area contributed by atoms with Crippen LogP contribution in [-0.4, -0.2) is 25.7 Å². The van der Waals surface area contributed by atoms with E-state index in [0.717, 1.165) is 31.7 Å². The lowest BCUT2D eigenvalue weighted by molar-refractivity contribution is 0.221. The summed E-state index contributed by atoms with van der Waals surface area (Å²) < 4.78 is 5.95. The van der Waals surface area contributed by atoms with Gasteiger partial charge in [-0.15, -0.1) is 0 Å². The first-order chi connectivity index (χ1) is 7.79. The first kappa shape index (κ1) is 11.4. The number of nitrogens with two attached hydrogens (primary N) is 1. The molecule has 1 heterocycles. The van der Waals surface area contributed by atoms with Crippen LogP contribution in [0.3, 0.4) is 0 Å². The van der Waals surface area contributed by atoms with E-state index in [1.54, 1.807) is 0 Å². The van der Waals surface area contributed by atoms with Crippen molar-refractivity contribution >= 4 is 0 Å².